The number of aliphatic hydroxyl groups excluding tert-OH is 1. The van der Waals surface area contributed by atoms with Crippen molar-refractivity contribution in [3.8, 4) is 11.3 Å². The second-order valence-electron chi connectivity index (χ2n) is 8.73. The van der Waals surface area contributed by atoms with E-state index in [9.17, 15) is 5.11 Å². The number of imidazole rings is 1. The molecule has 3 aromatic rings. The first-order valence-corrected chi connectivity index (χ1v) is 11.0. The smallest absolute Gasteiger partial charge is 0.225 e. The lowest BCUT2D eigenvalue weighted by Gasteiger charge is -2.30. The van der Waals surface area contributed by atoms with E-state index < -0.39 is 0 Å². The van der Waals surface area contributed by atoms with E-state index in [-0.39, 0.29) is 12.6 Å². The first kappa shape index (κ1) is 21.3. The third-order valence-electron chi connectivity index (χ3n) is 6.19. The molecule has 1 aliphatic heterocycles. The van der Waals surface area contributed by atoms with Crippen LogP contribution in [0.5, 0.6) is 0 Å². The van der Waals surface area contributed by atoms with Crippen LogP contribution in [-0.4, -0.2) is 58.4 Å². The number of benzene rings is 1. The number of piperidine rings is 1. The minimum atomic E-state index is -0.106. The fourth-order valence-corrected chi connectivity index (χ4v) is 4.10. The van der Waals surface area contributed by atoms with Crippen molar-refractivity contribution in [1.82, 2.24) is 19.5 Å². The van der Waals surface area contributed by atoms with Crippen molar-refractivity contribution in [2.75, 3.05) is 43.6 Å². The van der Waals surface area contributed by atoms with Crippen LogP contribution >= 0.6 is 0 Å². The van der Waals surface area contributed by atoms with E-state index in [2.05, 4.69) is 55.9 Å². The van der Waals surface area contributed by atoms with Crippen LogP contribution in [0, 0.1) is 5.92 Å². The molecule has 1 saturated heterocycles. The molecular formula is C24H32N6O. The quantitative estimate of drug-likeness (QED) is 0.632. The minimum Gasteiger partial charge on any atom is -0.394 e. The SMILES string of the molecule is CC1CCN(c2ncc(-c3cncn3[C@@H](CO)Cc3ccc(N(C)C)cc3)cn2)CC1. The highest BCUT2D eigenvalue weighted by Gasteiger charge is 2.19. The molecular weight excluding hydrogens is 388 g/mol. The van der Waals surface area contributed by atoms with Crippen molar-refractivity contribution in [1.29, 1.82) is 0 Å². The van der Waals surface area contributed by atoms with Crippen LogP contribution in [0.25, 0.3) is 11.3 Å². The first-order valence-electron chi connectivity index (χ1n) is 11.0. The third-order valence-corrected chi connectivity index (χ3v) is 6.19. The van der Waals surface area contributed by atoms with Gasteiger partial charge in [-0.1, -0.05) is 19.1 Å². The van der Waals surface area contributed by atoms with Crippen LogP contribution in [0.4, 0.5) is 11.6 Å². The molecule has 0 saturated carbocycles. The Morgan fingerprint density at radius 2 is 1.74 bits per heavy atom. The number of anilines is 2. The average molecular weight is 421 g/mol. The summed E-state index contributed by atoms with van der Waals surface area (Å²) in [4.78, 5) is 17.9. The highest BCUT2D eigenvalue weighted by molar-refractivity contribution is 5.57. The number of aromatic nitrogens is 4. The van der Waals surface area contributed by atoms with Gasteiger partial charge in [-0.3, -0.25) is 0 Å². The predicted molar refractivity (Wildman–Crippen MR) is 124 cm³/mol. The molecule has 1 aromatic carbocycles. The van der Waals surface area contributed by atoms with Gasteiger partial charge in [0.25, 0.3) is 0 Å². The number of rotatable bonds is 7. The number of hydrogen-bond donors (Lipinski definition) is 1. The molecule has 1 fully saturated rings. The lowest BCUT2D eigenvalue weighted by molar-refractivity contribution is 0.228. The van der Waals surface area contributed by atoms with E-state index in [1.807, 2.05) is 37.3 Å². The Balaban J connectivity index is 1.50. The molecule has 7 nitrogen and oxygen atoms in total. The van der Waals surface area contributed by atoms with E-state index in [0.717, 1.165) is 48.3 Å². The van der Waals surface area contributed by atoms with Gasteiger partial charge in [-0.2, -0.15) is 0 Å². The molecule has 4 rings (SSSR count). The van der Waals surface area contributed by atoms with Crippen molar-refractivity contribution in [3.05, 3.63) is 54.7 Å². The molecule has 0 unspecified atom stereocenters. The van der Waals surface area contributed by atoms with E-state index >= 15 is 0 Å². The fourth-order valence-electron chi connectivity index (χ4n) is 4.10. The zero-order valence-corrected chi connectivity index (χ0v) is 18.6. The van der Waals surface area contributed by atoms with Gasteiger partial charge in [0, 0.05) is 50.8 Å². The lowest BCUT2D eigenvalue weighted by Crippen LogP contribution is -2.34. The van der Waals surface area contributed by atoms with Crippen molar-refractivity contribution in [2.45, 2.75) is 32.2 Å². The number of hydrogen-bond acceptors (Lipinski definition) is 6. The molecule has 0 aliphatic carbocycles. The second-order valence-corrected chi connectivity index (χ2v) is 8.73. The highest BCUT2D eigenvalue weighted by atomic mass is 16.3. The second kappa shape index (κ2) is 9.47. The van der Waals surface area contributed by atoms with Crippen molar-refractivity contribution in [3.63, 3.8) is 0 Å². The van der Waals surface area contributed by atoms with Gasteiger partial charge in [0.1, 0.15) is 0 Å². The van der Waals surface area contributed by atoms with Crippen molar-refractivity contribution in [2.24, 2.45) is 5.92 Å². The molecule has 2 aromatic heterocycles. The van der Waals surface area contributed by atoms with Crippen LogP contribution < -0.4 is 9.80 Å². The number of aliphatic hydroxyl groups is 1. The van der Waals surface area contributed by atoms with Crippen LogP contribution in [-0.2, 0) is 6.42 Å². The van der Waals surface area contributed by atoms with Gasteiger partial charge in [-0.25, -0.2) is 15.0 Å². The van der Waals surface area contributed by atoms with Gasteiger partial charge in [-0.15, -0.1) is 0 Å². The molecule has 31 heavy (non-hydrogen) atoms. The topological polar surface area (TPSA) is 70.3 Å². The van der Waals surface area contributed by atoms with Gasteiger partial charge >= 0.3 is 0 Å². The molecule has 164 valence electrons. The van der Waals surface area contributed by atoms with E-state index in [1.165, 1.54) is 18.4 Å². The van der Waals surface area contributed by atoms with E-state index in [1.54, 1.807) is 6.33 Å². The van der Waals surface area contributed by atoms with Crippen molar-refractivity contribution < 1.29 is 5.11 Å². The van der Waals surface area contributed by atoms with E-state index in [0.29, 0.717) is 0 Å². The molecule has 1 N–H and O–H groups in total. The molecule has 1 atom stereocenters. The molecule has 0 amide bonds. The van der Waals surface area contributed by atoms with Gasteiger partial charge in [0.05, 0.1) is 30.9 Å². The standard InChI is InChI=1S/C24H32N6O/c1-18-8-10-29(11-9-18)24-26-13-20(14-27-24)23-15-25-17-30(23)22(16-31)12-19-4-6-21(7-5-19)28(2)3/h4-7,13-15,17-18,22,31H,8-12,16H2,1-3H3/t22-/m1/s1. The van der Waals surface area contributed by atoms with Crippen LogP contribution in [0.3, 0.4) is 0 Å². The summed E-state index contributed by atoms with van der Waals surface area (Å²) in [6.07, 6.45) is 10.4. The Hall–Kier alpha value is -2.93. The van der Waals surface area contributed by atoms with Gasteiger partial charge < -0.3 is 19.5 Å². The normalized spacial score (nSPS) is 15.8. The summed E-state index contributed by atoms with van der Waals surface area (Å²) in [7, 11) is 4.06. The molecule has 0 spiro atoms. The first-order chi connectivity index (χ1) is 15.0. The fraction of sp³-hybridized carbons (Fsp3) is 0.458. The summed E-state index contributed by atoms with van der Waals surface area (Å²) in [6, 6.07) is 8.34. The summed E-state index contributed by atoms with van der Waals surface area (Å²) in [5, 5.41) is 10.1. The maximum atomic E-state index is 10.1. The largest absolute Gasteiger partial charge is 0.394 e. The van der Waals surface area contributed by atoms with Crippen LogP contribution in [0.15, 0.2) is 49.2 Å². The minimum absolute atomic E-state index is 0.0314. The number of nitrogens with zero attached hydrogens (tertiary/aromatic N) is 6. The Bertz CT molecular complexity index is 958. The Labute approximate surface area is 184 Å². The summed E-state index contributed by atoms with van der Waals surface area (Å²) >= 11 is 0. The summed E-state index contributed by atoms with van der Waals surface area (Å²) in [5.41, 5.74) is 4.17. The van der Waals surface area contributed by atoms with Crippen LogP contribution in [0.1, 0.15) is 31.4 Å². The Morgan fingerprint density at radius 1 is 1.06 bits per heavy atom. The van der Waals surface area contributed by atoms with E-state index in [4.69, 9.17) is 0 Å². The summed E-state index contributed by atoms with van der Waals surface area (Å²) in [5.74, 6) is 1.57. The predicted octanol–water partition coefficient (Wildman–Crippen LogP) is 3.42. The lowest BCUT2D eigenvalue weighted by atomic mass is 10.00. The summed E-state index contributed by atoms with van der Waals surface area (Å²) < 4.78 is 2.03. The maximum absolute atomic E-state index is 10.1. The molecule has 3 heterocycles. The Kier molecular flexibility index (Phi) is 6.51. The van der Waals surface area contributed by atoms with Gasteiger partial charge in [0.2, 0.25) is 5.95 Å². The average Bonchev–Trinajstić information content (AvgIpc) is 3.28. The zero-order chi connectivity index (χ0) is 21.8. The monoisotopic (exact) mass is 420 g/mol. The molecule has 1 aliphatic rings. The van der Waals surface area contributed by atoms with Gasteiger partial charge in [-0.05, 0) is 42.9 Å². The van der Waals surface area contributed by atoms with Gasteiger partial charge in [0.15, 0.2) is 0 Å². The molecule has 0 bridgehead atoms. The molecule has 7 heteroatoms. The zero-order valence-electron chi connectivity index (χ0n) is 18.6. The Morgan fingerprint density at radius 3 is 2.35 bits per heavy atom. The van der Waals surface area contributed by atoms with Crippen LogP contribution in [0.2, 0.25) is 0 Å². The summed E-state index contributed by atoms with van der Waals surface area (Å²) in [6.45, 7) is 4.36. The molecule has 0 radical (unpaired) electrons. The van der Waals surface area contributed by atoms with Crippen molar-refractivity contribution >= 4 is 11.6 Å². The highest BCUT2D eigenvalue weighted by Crippen LogP contribution is 2.26. The third kappa shape index (κ3) is 4.88. The maximum Gasteiger partial charge on any atom is 0.225 e.